The van der Waals surface area contributed by atoms with Gasteiger partial charge in [-0.15, -0.1) is 0 Å². The second-order valence-corrected chi connectivity index (χ2v) is 6.74. The van der Waals surface area contributed by atoms with Gasteiger partial charge in [-0.1, -0.05) is 35.6 Å². The van der Waals surface area contributed by atoms with E-state index in [0.717, 1.165) is 5.56 Å². The van der Waals surface area contributed by atoms with Crippen LogP contribution in [-0.2, 0) is 4.74 Å². The molecular formula is C24H18ClNO4. The van der Waals surface area contributed by atoms with Crippen molar-refractivity contribution >= 4 is 23.5 Å². The molecule has 0 unspecified atom stereocenters. The second kappa shape index (κ2) is 9.17. The van der Waals surface area contributed by atoms with Crippen LogP contribution in [0.25, 0.3) is 11.1 Å². The normalized spacial score (nSPS) is 10.1. The Labute approximate surface area is 179 Å². The lowest BCUT2D eigenvalue weighted by Gasteiger charge is -2.09. The van der Waals surface area contributed by atoms with Crippen LogP contribution in [0.4, 0.5) is 0 Å². The monoisotopic (exact) mass is 419 g/mol. The fraction of sp³-hybridized carbons (Fsp3) is 0.0833. The van der Waals surface area contributed by atoms with Gasteiger partial charge in [-0.3, -0.25) is 4.79 Å². The van der Waals surface area contributed by atoms with Crippen molar-refractivity contribution in [1.82, 2.24) is 0 Å². The number of primary amides is 1. The minimum Gasteiger partial charge on any atom is -0.508 e. The van der Waals surface area contributed by atoms with E-state index < -0.39 is 11.9 Å². The van der Waals surface area contributed by atoms with E-state index in [9.17, 15) is 14.7 Å². The summed E-state index contributed by atoms with van der Waals surface area (Å²) in [6.45, 7) is 2.00. The van der Waals surface area contributed by atoms with Crippen molar-refractivity contribution in [2.75, 3.05) is 6.61 Å². The van der Waals surface area contributed by atoms with Crippen LogP contribution in [0.2, 0.25) is 5.02 Å². The number of aromatic hydroxyl groups is 1. The van der Waals surface area contributed by atoms with Gasteiger partial charge in [0.25, 0.3) is 0 Å². The molecule has 0 aliphatic carbocycles. The van der Waals surface area contributed by atoms with Gasteiger partial charge in [0.1, 0.15) is 5.75 Å². The number of ether oxygens (including phenoxy) is 1. The van der Waals surface area contributed by atoms with Crippen molar-refractivity contribution in [3.8, 4) is 28.7 Å². The van der Waals surface area contributed by atoms with Gasteiger partial charge in [-0.05, 0) is 66.6 Å². The predicted octanol–water partition coefficient (Wildman–Crippen LogP) is 4.39. The summed E-state index contributed by atoms with van der Waals surface area (Å²) in [6.07, 6.45) is 0. The van der Waals surface area contributed by atoms with Crippen molar-refractivity contribution in [1.29, 1.82) is 0 Å². The quantitative estimate of drug-likeness (QED) is 0.485. The number of carbonyl (C=O) groups is 2. The molecule has 0 saturated heterocycles. The number of halogens is 1. The third-order valence-electron chi connectivity index (χ3n) is 4.30. The van der Waals surface area contributed by atoms with Gasteiger partial charge in [0.15, 0.2) is 0 Å². The van der Waals surface area contributed by atoms with Gasteiger partial charge >= 0.3 is 5.97 Å². The fourth-order valence-corrected chi connectivity index (χ4v) is 3.01. The second-order valence-electron chi connectivity index (χ2n) is 6.34. The molecular weight excluding hydrogens is 402 g/mol. The van der Waals surface area contributed by atoms with Crippen molar-refractivity contribution in [2.24, 2.45) is 5.73 Å². The molecule has 1 amide bonds. The van der Waals surface area contributed by atoms with Gasteiger partial charge in [0.05, 0.1) is 17.2 Å². The van der Waals surface area contributed by atoms with Gasteiger partial charge in [-0.25, -0.2) is 4.79 Å². The fourth-order valence-electron chi connectivity index (χ4n) is 2.79. The van der Waals surface area contributed by atoms with Crippen LogP contribution >= 0.6 is 11.6 Å². The minimum atomic E-state index is -0.524. The summed E-state index contributed by atoms with van der Waals surface area (Å²) < 4.78 is 5.09. The Kier molecular flexibility index (Phi) is 6.41. The first kappa shape index (κ1) is 21.0. The van der Waals surface area contributed by atoms with Crippen LogP contribution in [0, 0.1) is 11.8 Å². The first-order chi connectivity index (χ1) is 14.4. The van der Waals surface area contributed by atoms with E-state index in [1.54, 1.807) is 55.5 Å². The van der Waals surface area contributed by atoms with Crippen molar-refractivity contribution in [2.45, 2.75) is 6.92 Å². The molecule has 0 radical (unpaired) electrons. The van der Waals surface area contributed by atoms with Crippen molar-refractivity contribution in [3.05, 3.63) is 87.9 Å². The highest BCUT2D eigenvalue weighted by atomic mass is 35.5. The lowest BCUT2D eigenvalue weighted by molar-refractivity contribution is 0.0526. The highest BCUT2D eigenvalue weighted by molar-refractivity contribution is 6.31. The SMILES string of the molecule is CCOC(=O)c1ccc(C#Cc2ccc(O)cc2Cl)c(-c2ccc(C(N)=O)cc2)c1. The number of rotatable bonds is 4. The lowest BCUT2D eigenvalue weighted by Crippen LogP contribution is -2.10. The standard InChI is InChI=1S/C24H18ClNO4/c1-2-30-24(29)19-10-6-15(3-7-17-11-12-20(27)14-22(17)25)21(13-19)16-4-8-18(9-5-16)23(26)28/h4-6,8-14,27H,2H2,1H3,(H2,26,28). The molecule has 0 atom stereocenters. The lowest BCUT2D eigenvalue weighted by atomic mass is 9.96. The van der Waals surface area contributed by atoms with Crippen LogP contribution < -0.4 is 5.73 Å². The molecule has 0 spiro atoms. The topological polar surface area (TPSA) is 89.6 Å². The highest BCUT2D eigenvalue weighted by Gasteiger charge is 2.12. The molecule has 3 N–H and O–H groups in total. The molecule has 0 aliphatic heterocycles. The molecule has 0 aliphatic rings. The first-order valence-corrected chi connectivity index (χ1v) is 9.48. The van der Waals surface area contributed by atoms with Crippen molar-refractivity contribution < 1.29 is 19.4 Å². The molecule has 6 heteroatoms. The van der Waals surface area contributed by atoms with Gasteiger partial charge < -0.3 is 15.6 Å². The Balaban J connectivity index is 2.09. The minimum absolute atomic E-state index is 0.0552. The number of nitrogens with two attached hydrogens (primary N) is 1. The first-order valence-electron chi connectivity index (χ1n) is 9.11. The Morgan fingerprint density at radius 1 is 0.967 bits per heavy atom. The number of esters is 1. The third kappa shape index (κ3) is 4.80. The Morgan fingerprint density at radius 3 is 2.23 bits per heavy atom. The summed E-state index contributed by atoms with van der Waals surface area (Å²) in [5.74, 6) is 5.15. The highest BCUT2D eigenvalue weighted by Crippen LogP contribution is 2.26. The van der Waals surface area contributed by atoms with Crippen LogP contribution in [0.1, 0.15) is 38.8 Å². The van der Waals surface area contributed by atoms with Crippen LogP contribution in [0.15, 0.2) is 60.7 Å². The van der Waals surface area contributed by atoms with E-state index in [4.69, 9.17) is 22.1 Å². The smallest absolute Gasteiger partial charge is 0.338 e. The molecule has 0 aromatic heterocycles. The summed E-state index contributed by atoms with van der Waals surface area (Å²) in [6, 6.07) is 16.3. The largest absolute Gasteiger partial charge is 0.508 e. The predicted molar refractivity (Wildman–Crippen MR) is 115 cm³/mol. The maximum atomic E-state index is 12.2. The van der Waals surface area contributed by atoms with Gasteiger partial charge in [-0.2, -0.15) is 0 Å². The molecule has 3 rings (SSSR count). The zero-order chi connectivity index (χ0) is 21.7. The van der Waals surface area contributed by atoms with Crippen molar-refractivity contribution in [3.63, 3.8) is 0 Å². The molecule has 3 aromatic rings. The Morgan fingerprint density at radius 2 is 1.60 bits per heavy atom. The molecule has 0 saturated carbocycles. The van der Waals surface area contributed by atoms with Gasteiger partial charge in [0, 0.05) is 16.7 Å². The number of phenols is 1. The summed E-state index contributed by atoms with van der Waals surface area (Å²) in [5, 5.41) is 9.83. The number of hydrogen-bond donors (Lipinski definition) is 2. The summed E-state index contributed by atoms with van der Waals surface area (Å²) in [4.78, 5) is 23.5. The average molecular weight is 420 g/mol. The molecule has 0 bridgehead atoms. The van der Waals surface area contributed by atoms with Crippen LogP contribution in [-0.4, -0.2) is 23.6 Å². The molecule has 3 aromatic carbocycles. The molecule has 30 heavy (non-hydrogen) atoms. The average Bonchev–Trinajstić information content (AvgIpc) is 2.73. The molecule has 0 fully saturated rings. The maximum absolute atomic E-state index is 12.2. The number of amides is 1. The summed E-state index contributed by atoms with van der Waals surface area (Å²) in [5.41, 5.74) is 8.74. The Hall–Kier alpha value is -3.75. The van der Waals surface area contributed by atoms with Crippen LogP contribution in [0.3, 0.4) is 0 Å². The van der Waals surface area contributed by atoms with E-state index in [0.29, 0.717) is 32.8 Å². The van der Waals surface area contributed by atoms with E-state index in [1.165, 1.54) is 12.1 Å². The molecule has 5 nitrogen and oxygen atoms in total. The number of phenolic OH excluding ortho intramolecular Hbond substituents is 1. The van der Waals surface area contributed by atoms with E-state index in [1.807, 2.05) is 0 Å². The zero-order valence-corrected chi connectivity index (χ0v) is 16.9. The zero-order valence-electron chi connectivity index (χ0n) is 16.1. The maximum Gasteiger partial charge on any atom is 0.338 e. The molecule has 0 heterocycles. The summed E-state index contributed by atoms with van der Waals surface area (Å²) in [7, 11) is 0. The number of hydrogen-bond acceptors (Lipinski definition) is 4. The van der Waals surface area contributed by atoms with E-state index in [-0.39, 0.29) is 12.4 Å². The summed E-state index contributed by atoms with van der Waals surface area (Å²) >= 11 is 6.13. The van der Waals surface area contributed by atoms with E-state index in [2.05, 4.69) is 11.8 Å². The van der Waals surface area contributed by atoms with Crippen LogP contribution in [0.5, 0.6) is 5.75 Å². The number of carbonyl (C=O) groups excluding carboxylic acids is 2. The molecule has 150 valence electrons. The van der Waals surface area contributed by atoms with E-state index >= 15 is 0 Å². The van der Waals surface area contributed by atoms with Gasteiger partial charge in [0.2, 0.25) is 5.91 Å². The third-order valence-corrected chi connectivity index (χ3v) is 4.61. The number of benzene rings is 3. The Bertz CT molecular complexity index is 1170.